The van der Waals surface area contributed by atoms with Gasteiger partial charge >= 0.3 is 0 Å². The van der Waals surface area contributed by atoms with Crippen LogP contribution in [0.1, 0.15) is 25.0 Å². The fourth-order valence-corrected chi connectivity index (χ4v) is 13.5. The summed E-state index contributed by atoms with van der Waals surface area (Å²) in [7, 11) is 0. The third-order valence-electron chi connectivity index (χ3n) is 14.4. The summed E-state index contributed by atoms with van der Waals surface area (Å²) >= 11 is 3.70. The number of fused-ring (bicyclic) bond motifs is 10. The molecule has 0 saturated heterocycles. The van der Waals surface area contributed by atoms with Crippen molar-refractivity contribution in [3.63, 3.8) is 0 Å². The van der Waals surface area contributed by atoms with Gasteiger partial charge < -0.3 is 9.80 Å². The first-order valence-corrected chi connectivity index (χ1v) is 24.7. The number of rotatable bonds is 4. The molecule has 0 aromatic heterocycles. The molecule has 67 heavy (non-hydrogen) atoms. The number of nitrogens with zero attached hydrogens (tertiary/aromatic N) is 2. The van der Waals surface area contributed by atoms with E-state index in [-0.39, 0.29) is 5.41 Å². The largest absolute Gasteiger partial charge is 0.308 e. The Kier molecular flexibility index (Phi) is 8.53. The number of hydrogen-bond donors (Lipinski definition) is 0. The lowest BCUT2D eigenvalue weighted by Crippen LogP contribution is -2.15. The van der Waals surface area contributed by atoms with E-state index in [2.05, 4.69) is 242 Å². The Bertz CT molecular complexity index is 3790. The van der Waals surface area contributed by atoms with Gasteiger partial charge in [-0.1, -0.05) is 177 Å². The minimum absolute atomic E-state index is 0.152. The Labute approximate surface area is 399 Å². The Morgan fingerprint density at radius 3 is 1.40 bits per heavy atom. The number of para-hydroxylation sites is 4. The first-order valence-electron chi connectivity index (χ1n) is 23.1. The zero-order chi connectivity index (χ0) is 44.4. The molecule has 0 spiro atoms. The highest BCUT2D eigenvalue weighted by Gasteiger charge is 2.36. The highest BCUT2D eigenvalue weighted by Crippen LogP contribution is 2.57. The molecule has 4 heteroatoms. The van der Waals surface area contributed by atoms with Crippen molar-refractivity contribution in [2.75, 3.05) is 9.80 Å². The highest BCUT2D eigenvalue weighted by atomic mass is 32.2. The first-order chi connectivity index (χ1) is 33.0. The molecule has 11 aromatic rings. The summed E-state index contributed by atoms with van der Waals surface area (Å²) in [6.45, 7) is 4.78. The molecule has 0 saturated carbocycles. The second kappa shape index (κ2) is 14.8. The van der Waals surface area contributed by atoms with Gasteiger partial charge in [-0.05, 0) is 156 Å². The van der Waals surface area contributed by atoms with Gasteiger partial charge in [0.1, 0.15) is 0 Å². The third kappa shape index (κ3) is 5.80. The van der Waals surface area contributed by atoms with Crippen molar-refractivity contribution in [3.8, 4) is 33.4 Å². The average molecular weight is 891 g/mol. The van der Waals surface area contributed by atoms with Crippen LogP contribution < -0.4 is 9.80 Å². The van der Waals surface area contributed by atoms with Gasteiger partial charge in [0.2, 0.25) is 0 Å². The standard InChI is InChI=1S/C63H42N2S2/c1-63(2)51-21-6-5-19-44(51)45-33-30-40(36-52(45)63)61-47-34-31-42(65-55-24-9-13-28-59(55)67-60-29-14-10-25-56(60)65)38-50(47)62(46-20-15-17-39-16-3-4-18-43(39)46)48-35-32-41(37-49(48)61)64-53-22-7-11-26-57(53)66-58-27-12-8-23-54(58)64/h3-38H,1-2H3. The van der Waals surface area contributed by atoms with E-state index in [1.165, 1.54) is 119 Å². The van der Waals surface area contributed by atoms with Crippen molar-refractivity contribution < 1.29 is 0 Å². The van der Waals surface area contributed by atoms with E-state index in [0.29, 0.717) is 0 Å². The van der Waals surface area contributed by atoms with Crippen molar-refractivity contribution in [2.45, 2.75) is 38.8 Å². The number of benzene rings is 11. The highest BCUT2D eigenvalue weighted by molar-refractivity contribution is 8.00. The van der Waals surface area contributed by atoms with Gasteiger partial charge in [-0.2, -0.15) is 0 Å². The van der Waals surface area contributed by atoms with Gasteiger partial charge in [-0.15, -0.1) is 0 Å². The summed E-state index contributed by atoms with van der Waals surface area (Å²) < 4.78 is 0. The molecule has 0 radical (unpaired) electrons. The van der Waals surface area contributed by atoms with Crippen molar-refractivity contribution in [1.82, 2.24) is 0 Å². The lowest BCUT2D eigenvalue weighted by molar-refractivity contribution is 0.660. The Morgan fingerprint density at radius 1 is 0.328 bits per heavy atom. The van der Waals surface area contributed by atoms with Crippen LogP contribution in [0.5, 0.6) is 0 Å². The molecule has 0 unspecified atom stereocenters. The first kappa shape index (κ1) is 38.7. The van der Waals surface area contributed by atoms with Gasteiger partial charge in [0.25, 0.3) is 0 Å². The summed E-state index contributed by atoms with van der Waals surface area (Å²) in [4.78, 5) is 9.96. The van der Waals surface area contributed by atoms with Crippen molar-refractivity contribution in [1.29, 1.82) is 0 Å². The van der Waals surface area contributed by atoms with E-state index < -0.39 is 0 Å². The van der Waals surface area contributed by atoms with Crippen molar-refractivity contribution >= 4 is 90.0 Å². The van der Waals surface area contributed by atoms with E-state index in [1.807, 2.05) is 23.5 Å². The maximum atomic E-state index is 2.51. The fourth-order valence-electron chi connectivity index (χ4n) is 11.4. The molecule has 316 valence electrons. The predicted octanol–water partition coefficient (Wildman–Crippen LogP) is 18.7. The SMILES string of the molecule is CC1(C)c2ccccc2-c2ccc(-c3c4cc(N5c6ccccc6Sc6ccccc65)ccc4c(-c4cccc5ccccc45)c4cc(N5c6ccccc6Sc6ccccc65)ccc34)cc21. The minimum Gasteiger partial charge on any atom is -0.308 e. The van der Waals surface area contributed by atoms with E-state index in [9.17, 15) is 0 Å². The van der Waals surface area contributed by atoms with Crippen LogP contribution in [0.2, 0.25) is 0 Å². The summed E-state index contributed by atoms with van der Waals surface area (Å²) in [5, 5.41) is 7.39. The van der Waals surface area contributed by atoms with E-state index in [4.69, 9.17) is 0 Å². The molecule has 1 aliphatic carbocycles. The maximum Gasteiger partial charge on any atom is 0.0601 e. The zero-order valence-corrected chi connectivity index (χ0v) is 38.6. The summed E-state index contributed by atoms with van der Waals surface area (Å²) in [6, 6.07) is 81.8. The second-order valence-electron chi connectivity index (χ2n) is 18.4. The van der Waals surface area contributed by atoms with Crippen LogP contribution in [0.25, 0.3) is 65.7 Å². The lowest BCUT2D eigenvalue weighted by atomic mass is 9.80. The van der Waals surface area contributed by atoms with Crippen LogP contribution in [-0.4, -0.2) is 0 Å². The van der Waals surface area contributed by atoms with E-state index in [1.54, 1.807) is 0 Å². The van der Waals surface area contributed by atoms with Gasteiger partial charge in [0, 0.05) is 36.4 Å². The molecule has 14 rings (SSSR count). The van der Waals surface area contributed by atoms with Gasteiger partial charge in [-0.25, -0.2) is 0 Å². The lowest BCUT2D eigenvalue weighted by Gasteiger charge is -2.34. The second-order valence-corrected chi connectivity index (χ2v) is 20.6. The third-order valence-corrected chi connectivity index (χ3v) is 16.7. The van der Waals surface area contributed by atoms with Gasteiger partial charge in [-0.3, -0.25) is 0 Å². The van der Waals surface area contributed by atoms with E-state index in [0.717, 1.165) is 11.4 Å². The van der Waals surface area contributed by atoms with Crippen LogP contribution in [0.3, 0.4) is 0 Å². The molecule has 2 aliphatic heterocycles. The van der Waals surface area contributed by atoms with Crippen LogP contribution in [0.4, 0.5) is 34.1 Å². The summed E-state index contributed by atoms with van der Waals surface area (Å²) in [5.41, 5.74) is 17.3. The molecule has 0 N–H and O–H groups in total. The predicted molar refractivity (Wildman–Crippen MR) is 285 cm³/mol. The quantitative estimate of drug-likeness (QED) is 0.162. The minimum atomic E-state index is -0.152. The zero-order valence-electron chi connectivity index (χ0n) is 37.0. The Balaban J connectivity index is 1.11. The summed E-state index contributed by atoms with van der Waals surface area (Å²) in [5.74, 6) is 0. The molecule has 3 aliphatic rings. The van der Waals surface area contributed by atoms with Crippen molar-refractivity contribution in [3.05, 3.63) is 230 Å². The molecule has 0 amide bonds. The topological polar surface area (TPSA) is 6.48 Å². The Hall–Kier alpha value is -7.50. The van der Waals surface area contributed by atoms with Gasteiger partial charge in [0.15, 0.2) is 0 Å². The molecule has 0 bridgehead atoms. The molecule has 11 aromatic carbocycles. The van der Waals surface area contributed by atoms with Crippen LogP contribution in [0.15, 0.2) is 238 Å². The number of hydrogen-bond acceptors (Lipinski definition) is 4. The van der Waals surface area contributed by atoms with E-state index >= 15 is 0 Å². The monoisotopic (exact) mass is 890 g/mol. The fraction of sp³-hybridized carbons (Fsp3) is 0.0476. The molecular formula is C63H42N2S2. The Morgan fingerprint density at radius 2 is 0.791 bits per heavy atom. The summed E-state index contributed by atoms with van der Waals surface area (Å²) in [6.07, 6.45) is 0. The maximum absolute atomic E-state index is 2.51. The normalized spacial score (nSPS) is 14.1. The number of anilines is 6. The van der Waals surface area contributed by atoms with Crippen LogP contribution in [-0.2, 0) is 5.41 Å². The van der Waals surface area contributed by atoms with Gasteiger partial charge in [0.05, 0.1) is 22.7 Å². The molecule has 2 nitrogen and oxygen atoms in total. The van der Waals surface area contributed by atoms with Crippen molar-refractivity contribution in [2.24, 2.45) is 0 Å². The smallest absolute Gasteiger partial charge is 0.0601 e. The molecular weight excluding hydrogens is 849 g/mol. The van der Waals surface area contributed by atoms with Crippen LogP contribution in [0, 0.1) is 0 Å². The molecule has 0 atom stereocenters. The van der Waals surface area contributed by atoms with Crippen LogP contribution >= 0.6 is 23.5 Å². The molecule has 0 fully saturated rings. The molecule has 2 heterocycles. The average Bonchev–Trinajstić information content (AvgIpc) is 3.60.